The van der Waals surface area contributed by atoms with Gasteiger partial charge in [-0.3, -0.25) is 9.59 Å². The van der Waals surface area contributed by atoms with Crippen molar-refractivity contribution in [2.24, 2.45) is 0 Å². The lowest BCUT2D eigenvalue weighted by molar-refractivity contribution is -0.193. The van der Waals surface area contributed by atoms with Crippen molar-refractivity contribution in [3.05, 3.63) is 0 Å². The molecule has 35 heavy (non-hydrogen) atoms. The molecule has 0 aromatic carbocycles. The average molecular weight is 494 g/mol. The third kappa shape index (κ3) is 14.0. The Morgan fingerprint density at radius 3 is 1.17 bits per heavy atom. The Labute approximate surface area is 239 Å². The van der Waals surface area contributed by atoms with E-state index in [9.17, 15) is 14.4 Å². The van der Waals surface area contributed by atoms with Gasteiger partial charge in [-0.15, -0.1) is 5.06 Å². The molecule has 1 fully saturated rings. The first-order chi connectivity index (χ1) is 17.1. The smallest absolute Gasteiger partial charge is 0.318 e. The Morgan fingerprint density at radius 1 is 0.571 bits per heavy atom. The van der Waals surface area contributed by atoms with Gasteiger partial charge in [-0.05, 0) is 102 Å². The summed E-state index contributed by atoms with van der Waals surface area (Å²) in [6.45, 7) is 1.68. The van der Waals surface area contributed by atoms with E-state index in [1.54, 1.807) is 6.92 Å². The third-order valence-corrected chi connectivity index (χ3v) is 2.78. The van der Waals surface area contributed by atoms with Gasteiger partial charge in [0.05, 0.1) is 0 Å². The fourth-order valence-corrected chi connectivity index (χ4v) is 1.53. The highest BCUT2D eigenvalue weighted by molar-refractivity contribution is 6.02. The first-order valence-corrected chi connectivity index (χ1v) is 9.15. The van der Waals surface area contributed by atoms with E-state index in [4.69, 9.17) is 0 Å². The Bertz CT molecular complexity index is 1740. The summed E-state index contributed by atoms with van der Waals surface area (Å²) in [4.78, 5) is 38.5. The predicted octanol–water partition coefficient (Wildman–Crippen LogP) is 5.56. The lowest BCUT2D eigenvalue weighted by Crippen LogP contribution is -2.31. The highest BCUT2D eigenvalue weighted by Crippen LogP contribution is 2.11. The number of carbonyl (C=O) groups is 3. The van der Waals surface area contributed by atoms with Crippen molar-refractivity contribution >= 4 is 17.8 Å². The van der Waals surface area contributed by atoms with Crippen LogP contribution < -0.4 is 0 Å². The molecule has 0 radical (unpaired) electrons. The van der Waals surface area contributed by atoms with Crippen molar-refractivity contribution in [3.63, 3.8) is 0 Å². The minimum absolute atomic E-state index is 0. The van der Waals surface area contributed by atoms with Crippen molar-refractivity contribution in [3.8, 4) is 142 Å². The molecule has 1 aliphatic rings. The number of hydroxylamine groups is 2. The molecule has 2 amide bonds. The van der Waals surface area contributed by atoms with E-state index < -0.39 is 17.8 Å². The number of rotatable bonds is 1. The monoisotopic (exact) mass is 493 g/mol. The van der Waals surface area contributed by atoms with Crippen LogP contribution in [0.3, 0.4) is 0 Å². The van der Waals surface area contributed by atoms with Gasteiger partial charge in [-0.2, -0.15) is 0 Å². The molecular weight excluding hydrogens is 438 g/mol. The van der Waals surface area contributed by atoms with Crippen LogP contribution in [-0.4, -0.2) is 22.8 Å². The number of hydrogen-bond donors (Lipinski definition) is 0. The van der Waals surface area contributed by atoms with Crippen LogP contribution in [0.4, 0.5) is 0 Å². The fraction of sp³-hybridized carbons (Fsp3) is 0.100. The first-order valence-electron chi connectivity index (χ1n) is 9.15. The van der Waals surface area contributed by atoms with Crippen molar-refractivity contribution in [2.45, 2.75) is 19.8 Å². The van der Waals surface area contributed by atoms with Gasteiger partial charge < -0.3 is 4.84 Å². The van der Waals surface area contributed by atoms with Gasteiger partial charge in [-0.1, -0.05) is 5.92 Å². The van der Waals surface area contributed by atoms with Crippen molar-refractivity contribution in [2.75, 3.05) is 0 Å². The highest BCUT2D eigenvalue weighted by atomic mass is 16.7. The number of carbonyl (C=O) groups excluding carboxylic acids is 3. The molecule has 1 rings (SSSR count). The zero-order chi connectivity index (χ0) is 25.4. The van der Waals surface area contributed by atoms with Crippen LogP contribution in [0.2, 0.25) is 0 Å². The molecule has 0 aromatic heterocycles. The average Bonchev–Trinajstić information content (AvgIpc) is 3.16. The molecule has 0 unspecified atom stereocenters. The van der Waals surface area contributed by atoms with Crippen LogP contribution in [0.5, 0.6) is 0 Å². The Morgan fingerprint density at radius 2 is 0.857 bits per heavy atom. The molecule has 5 nitrogen and oxygen atoms in total. The molecule has 0 bridgehead atoms. The molecule has 0 N–H and O–H groups in total. The normalized spacial score (nSPS) is 8.20. The second-order valence-electron chi connectivity index (χ2n) is 5.09. The van der Waals surface area contributed by atoms with Crippen LogP contribution in [0.25, 0.3) is 0 Å². The SMILES string of the molecule is CC#CC#CC#CC#CC#CC#CC#CC#CC#CC#CC#CC#CC(=O)ON1C(=O)CCC1=O.[HH].[HH].[HH].[HH].[HH].[HH].[HH].[HH].[HH].[HH].[HH].[HH].[HH].[HH].[HH].[HH].[HH].[HH].[HH].[HH].[HH].[HH].[HH].[HH]. The van der Waals surface area contributed by atoms with Crippen LogP contribution in [0, 0.1) is 142 Å². The number of amides is 2. The summed E-state index contributed by atoms with van der Waals surface area (Å²) >= 11 is 0. The predicted molar refractivity (Wildman–Crippen MR) is 177 cm³/mol. The zero-order valence-electron chi connectivity index (χ0n) is 18.0. The summed E-state index contributed by atoms with van der Waals surface area (Å²) < 4.78 is 0. The maximum atomic E-state index is 11.4. The topological polar surface area (TPSA) is 63.7 Å². The van der Waals surface area contributed by atoms with Crippen LogP contribution in [0.15, 0.2) is 0 Å². The summed E-state index contributed by atoms with van der Waals surface area (Å²) in [6.07, 6.45) is -0.00606. The zero-order valence-corrected chi connectivity index (χ0v) is 18.0. The molecule has 0 saturated carbocycles. The number of imide groups is 1. The number of nitrogens with zero attached hydrogens (tertiary/aromatic N) is 1. The minimum Gasteiger partial charge on any atom is -0.318 e. The highest BCUT2D eigenvalue weighted by Gasteiger charge is 2.32. The molecule has 1 heterocycles. The second-order valence-corrected chi connectivity index (χ2v) is 5.09. The molecule has 0 atom stereocenters. The summed E-state index contributed by atoms with van der Waals surface area (Å²) in [7, 11) is 0. The van der Waals surface area contributed by atoms with E-state index in [1.807, 2.05) is 5.92 Å². The minimum atomic E-state index is -1.08. The maximum absolute atomic E-state index is 11.4. The van der Waals surface area contributed by atoms with E-state index in [2.05, 4.69) is 141 Å². The fourth-order valence-electron chi connectivity index (χ4n) is 1.53. The first kappa shape index (κ1) is 26.4. The van der Waals surface area contributed by atoms with Gasteiger partial charge in [0.1, 0.15) is 0 Å². The largest absolute Gasteiger partial charge is 0.410 e. The molecule has 1 aliphatic heterocycles. The van der Waals surface area contributed by atoms with Crippen molar-refractivity contribution in [1.82, 2.24) is 5.06 Å². The molecule has 0 spiro atoms. The van der Waals surface area contributed by atoms with Crippen molar-refractivity contribution in [1.29, 1.82) is 0 Å². The van der Waals surface area contributed by atoms with E-state index >= 15 is 0 Å². The van der Waals surface area contributed by atoms with E-state index in [0.29, 0.717) is 5.06 Å². The summed E-state index contributed by atoms with van der Waals surface area (Å²) in [5.41, 5.74) is 0. The lowest BCUT2D eigenvalue weighted by atomic mass is 10.4. The van der Waals surface area contributed by atoms with Crippen LogP contribution in [-0.2, 0) is 19.2 Å². The standard InChI is InChI=1S/C30H7NO4.24H2/c1-2-3-4-5-6-7-8-9-10-11-12-13-14-15-16-17-18-19-20-21-22-23-24-25-30(34)35-31-28(32)26-27-29(31)33;;;;;;;;;;;;;;;;;;;;;;;;/h26-27H2,1H3;24*1H. The molecular formula is C30H55NO4. The molecule has 1 saturated heterocycles. The molecule has 5 heteroatoms. The van der Waals surface area contributed by atoms with Crippen LogP contribution >= 0.6 is 0 Å². The third-order valence-electron chi connectivity index (χ3n) is 2.78. The molecule has 204 valence electrons. The summed E-state index contributed by atoms with van der Waals surface area (Å²) in [6, 6.07) is 0. The Hall–Kier alpha value is -6.67. The van der Waals surface area contributed by atoms with E-state index in [-0.39, 0.29) is 47.1 Å². The Balaban J connectivity index is -0.0000000232. The maximum Gasteiger partial charge on any atom is 0.410 e. The van der Waals surface area contributed by atoms with E-state index in [0.717, 1.165) is 0 Å². The Kier molecular flexibility index (Phi) is 13.7. The van der Waals surface area contributed by atoms with Gasteiger partial charge in [-0.25, -0.2) is 4.79 Å². The van der Waals surface area contributed by atoms with Gasteiger partial charge in [0.2, 0.25) is 0 Å². The van der Waals surface area contributed by atoms with Gasteiger partial charge in [0, 0.05) is 88.5 Å². The van der Waals surface area contributed by atoms with Gasteiger partial charge in [0.25, 0.3) is 11.8 Å². The summed E-state index contributed by atoms with van der Waals surface area (Å²) in [5, 5.41) is 0.392. The number of hydrogen-bond acceptors (Lipinski definition) is 4. The quantitative estimate of drug-likeness (QED) is 0.354. The van der Waals surface area contributed by atoms with Crippen LogP contribution in [0.1, 0.15) is 54.0 Å². The van der Waals surface area contributed by atoms with Gasteiger partial charge >= 0.3 is 5.97 Å². The van der Waals surface area contributed by atoms with Crippen molar-refractivity contribution < 1.29 is 53.5 Å². The molecule has 0 aliphatic carbocycles. The molecule has 0 aromatic rings. The lowest BCUT2D eigenvalue weighted by Gasteiger charge is -2.09. The van der Waals surface area contributed by atoms with Gasteiger partial charge in [0.15, 0.2) is 0 Å². The summed E-state index contributed by atoms with van der Waals surface area (Å²) in [5.74, 6) is 56.0. The second kappa shape index (κ2) is 18.1. The van der Waals surface area contributed by atoms with E-state index in [1.165, 1.54) is 0 Å².